The molecule has 166 valence electrons. The molecule has 0 bridgehead atoms. The second-order valence-electron chi connectivity index (χ2n) is 7.23. The number of anilines is 1. The Kier molecular flexibility index (Phi) is 6.60. The van der Waals surface area contributed by atoms with Gasteiger partial charge in [0, 0.05) is 16.6 Å². The number of rotatable bonds is 6. The summed E-state index contributed by atoms with van der Waals surface area (Å²) in [4.78, 5) is 12.9. The largest absolute Gasteiger partial charge is 0.476 e. The minimum Gasteiger partial charge on any atom is -0.476 e. The van der Waals surface area contributed by atoms with Gasteiger partial charge in [-0.1, -0.05) is 47.5 Å². The van der Waals surface area contributed by atoms with E-state index in [1.807, 2.05) is 12.1 Å². The molecule has 3 aromatic rings. The molecular weight excluding hydrogens is 471 g/mol. The standard InChI is InChI=1S/C23H20Cl2N2O4S/c24-17-7-5-16(6-8-17)13-14-26-23(28)22-15-27(20-3-1-2-4-21(20)31-22)32(29,30)19-11-9-18(25)10-12-19/h1-12,22H,13-15H2,(H,26,28)/t22-/m0/s1. The summed E-state index contributed by atoms with van der Waals surface area (Å²) >= 11 is 11.8. The highest BCUT2D eigenvalue weighted by Gasteiger charge is 2.37. The number of benzene rings is 3. The van der Waals surface area contributed by atoms with Crippen LogP contribution in [0.5, 0.6) is 5.75 Å². The van der Waals surface area contributed by atoms with Gasteiger partial charge in [-0.3, -0.25) is 9.10 Å². The summed E-state index contributed by atoms with van der Waals surface area (Å²) in [5, 5.41) is 3.91. The van der Waals surface area contributed by atoms with Crippen LogP contribution in [0.2, 0.25) is 10.0 Å². The van der Waals surface area contributed by atoms with Crippen molar-refractivity contribution in [3.63, 3.8) is 0 Å². The molecule has 1 amide bonds. The Hall–Kier alpha value is -2.74. The lowest BCUT2D eigenvalue weighted by molar-refractivity contribution is -0.127. The number of para-hydroxylation sites is 2. The van der Waals surface area contributed by atoms with Gasteiger partial charge in [-0.2, -0.15) is 0 Å². The number of carbonyl (C=O) groups is 1. The van der Waals surface area contributed by atoms with Gasteiger partial charge in [0.1, 0.15) is 5.75 Å². The van der Waals surface area contributed by atoms with Gasteiger partial charge in [0.2, 0.25) is 0 Å². The SMILES string of the molecule is O=C(NCCc1ccc(Cl)cc1)[C@@H]1CN(S(=O)(=O)c2ccc(Cl)cc2)c2ccccc2O1. The van der Waals surface area contributed by atoms with E-state index in [0.717, 1.165) is 5.56 Å². The summed E-state index contributed by atoms with van der Waals surface area (Å²) < 4.78 is 33.7. The topological polar surface area (TPSA) is 75.7 Å². The van der Waals surface area contributed by atoms with Gasteiger partial charge in [0.15, 0.2) is 6.10 Å². The van der Waals surface area contributed by atoms with Crippen LogP contribution in [0.4, 0.5) is 5.69 Å². The van der Waals surface area contributed by atoms with E-state index in [-0.39, 0.29) is 17.3 Å². The van der Waals surface area contributed by atoms with Gasteiger partial charge in [-0.05, 0) is 60.5 Å². The summed E-state index contributed by atoms with van der Waals surface area (Å²) in [7, 11) is -3.92. The quantitative estimate of drug-likeness (QED) is 0.558. The van der Waals surface area contributed by atoms with E-state index in [2.05, 4.69) is 5.32 Å². The van der Waals surface area contributed by atoms with Crippen molar-refractivity contribution in [2.24, 2.45) is 0 Å². The summed E-state index contributed by atoms with van der Waals surface area (Å²) in [6.07, 6.45) is -0.379. The van der Waals surface area contributed by atoms with Crippen LogP contribution in [0.3, 0.4) is 0 Å². The molecule has 1 N–H and O–H groups in total. The predicted molar refractivity (Wildman–Crippen MR) is 125 cm³/mol. The first-order chi connectivity index (χ1) is 15.3. The van der Waals surface area contributed by atoms with Crippen LogP contribution >= 0.6 is 23.2 Å². The summed E-state index contributed by atoms with van der Waals surface area (Å²) in [6.45, 7) is 0.237. The van der Waals surface area contributed by atoms with E-state index in [4.69, 9.17) is 27.9 Å². The Morgan fingerprint density at radius 1 is 0.969 bits per heavy atom. The minimum absolute atomic E-state index is 0.0838. The zero-order chi connectivity index (χ0) is 22.7. The van der Waals surface area contributed by atoms with Crippen molar-refractivity contribution >= 4 is 44.8 Å². The van der Waals surface area contributed by atoms with Gasteiger partial charge in [0.25, 0.3) is 15.9 Å². The fraction of sp³-hybridized carbons (Fsp3) is 0.174. The van der Waals surface area contributed by atoms with E-state index in [1.165, 1.54) is 28.6 Å². The molecule has 1 aliphatic heterocycles. The second-order valence-corrected chi connectivity index (χ2v) is 9.97. The number of ether oxygens (including phenoxy) is 1. The van der Waals surface area contributed by atoms with Gasteiger partial charge < -0.3 is 10.1 Å². The van der Waals surface area contributed by atoms with E-state index in [0.29, 0.717) is 34.4 Å². The van der Waals surface area contributed by atoms with Crippen molar-refractivity contribution in [3.05, 3.63) is 88.4 Å². The molecule has 32 heavy (non-hydrogen) atoms. The Balaban J connectivity index is 1.52. The van der Waals surface area contributed by atoms with Crippen LogP contribution in [0.25, 0.3) is 0 Å². The smallest absolute Gasteiger partial charge is 0.264 e. The average molecular weight is 491 g/mol. The van der Waals surface area contributed by atoms with Crippen LogP contribution in [0.15, 0.2) is 77.7 Å². The van der Waals surface area contributed by atoms with Crippen LogP contribution in [0.1, 0.15) is 5.56 Å². The van der Waals surface area contributed by atoms with E-state index >= 15 is 0 Å². The van der Waals surface area contributed by atoms with Crippen LogP contribution in [0, 0.1) is 0 Å². The molecule has 3 aromatic carbocycles. The molecule has 0 spiro atoms. The van der Waals surface area contributed by atoms with Crippen molar-refractivity contribution in [1.82, 2.24) is 5.32 Å². The van der Waals surface area contributed by atoms with Crippen LogP contribution < -0.4 is 14.4 Å². The van der Waals surface area contributed by atoms with Crippen molar-refractivity contribution in [2.75, 3.05) is 17.4 Å². The summed E-state index contributed by atoms with van der Waals surface area (Å²) in [5.41, 5.74) is 1.41. The fourth-order valence-electron chi connectivity index (χ4n) is 3.40. The van der Waals surface area contributed by atoms with E-state index < -0.39 is 16.1 Å². The predicted octanol–water partition coefficient (Wildman–Crippen LogP) is 4.31. The Morgan fingerprint density at radius 3 is 2.28 bits per heavy atom. The second kappa shape index (κ2) is 9.40. The highest BCUT2D eigenvalue weighted by Crippen LogP contribution is 2.36. The van der Waals surface area contributed by atoms with Crippen molar-refractivity contribution in [3.8, 4) is 5.75 Å². The number of nitrogens with one attached hydrogen (secondary N) is 1. The molecule has 0 saturated heterocycles. The normalized spacial score (nSPS) is 15.6. The van der Waals surface area contributed by atoms with Crippen molar-refractivity contribution < 1.29 is 17.9 Å². The molecule has 0 radical (unpaired) electrons. The molecular formula is C23H20Cl2N2O4S. The minimum atomic E-state index is -3.92. The number of amides is 1. The number of hydrogen-bond acceptors (Lipinski definition) is 4. The first kappa shape index (κ1) is 22.5. The van der Waals surface area contributed by atoms with Crippen molar-refractivity contribution in [1.29, 1.82) is 0 Å². The number of hydrogen-bond donors (Lipinski definition) is 1. The van der Waals surface area contributed by atoms with Crippen LogP contribution in [-0.2, 0) is 21.2 Å². The molecule has 1 heterocycles. The molecule has 9 heteroatoms. The molecule has 1 atom stereocenters. The average Bonchev–Trinajstić information content (AvgIpc) is 2.79. The lowest BCUT2D eigenvalue weighted by Crippen LogP contribution is -2.51. The number of sulfonamides is 1. The number of halogens is 2. The third-order valence-electron chi connectivity index (χ3n) is 5.06. The van der Waals surface area contributed by atoms with E-state index in [1.54, 1.807) is 36.4 Å². The summed E-state index contributed by atoms with van der Waals surface area (Å²) in [5.74, 6) is -0.0566. The fourth-order valence-corrected chi connectivity index (χ4v) is 5.12. The van der Waals surface area contributed by atoms with Crippen LogP contribution in [-0.4, -0.2) is 33.5 Å². The highest BCUT2D eigenvalue weighted by atomic mass is 35.5. The lowest BCUT2D eigenvalue weighted by atomic mass is 10.1. The maximum Gasteiger partial charge on any atom is 0.264 e. The number of nitrogens with zero attached hydrogens (tertiary/aromatic N) is 1. The third-order valence-corrected chi connectivity index (χ3v) is 7.35. The van der Waals surface area contributed by atoms with E-state index in [9.17, 15) is 13.2 Å². The van der Waals surface area contributed by atoms with Gasteiger partial charge in [0.05, 0.1) is 17.1 Å². The van der Waals surface area contributed by atoms with Gasteiger partial charge in [-0.25, -0.2) is 8.42 Å². The molecule has 0 unspecified atom stereocenters. The third kappa shape index (κ3) is 4.85. The monoisotopic (exact) mass is 490 g/mol. The molecule has 6 nitrogen and oxygen atoms in total. The highest BCUT2D eigenvalue weighted by molar-refractivity contribution is 7.92. The Bertz CT molecular complexity index is 1220. The maximum atomic E-state index is 13.3. The van der Waals surface area contributed by atoms with Gasteiger partial charge >= 0.3 is 0 Å². The summed E-state index contributed by atoms with van der Waals surface area (Å²) in [6, 6.07) is 20.0. The zero-order valence-electron chi connectivity index (χ0n) is 16.9. The molecule has 0 aromatic heterocycles. The molecule has 0 fully saturated rings. The molecule has 4 rings (SSSR count). The zero-order valence-corrected chi connectivity index (χ0v) is 19.2. The first-order valence-electron chi connectivity index (χ1n) is 9.91. The number of carbonyl (C=O) groups excluding carboxylic acids is 1. The lowest BCUT2D eigenvalue weighted by Gasteiger charge is -2.34. The first-order valence-corrected chi connectivity index (χ1v) is 12.1. The maximum absolute atomic E-state index is 13.3. The van der Waals surface area contributed by atoms with Gasteiger partial charge in [-0.15, -0.1) is 0 Å². The molecule has 0 aliphatic carbocycles. The van der Waals surface area contributed by atoms with Crippen molar-refractivity contribution in [2.45, 2.75) is 17.4 Å². The molecule has 0 saturated carbocycles. The Morgan fingerprint density at radius 2 is 1.59 bits per heavy atom. The Labute approximate surface area is 196 Å². The number of fused-ring (bicyclic) bond motifs is 1. The molecule has 1 aliphatic rings.